The molecule has 3 atom stereocenters. The Hall–Kier alpha value is -2.62. The zero-order chi connectivity index (χ0) is 19.5. The van der Waals surface area contributed by atoms with E-state index in [0.717, 1.165) is 4.57 Å². The van der Waals surface area contributed by atoms with Crippen LogP contribution in [-0.2, 0) is 9.53 Å². The van der Waals surface area contributed by atoms with Crippen LogP contribution in [0, 0.1) is 11.8 Å². The van der Waals surface area contributed by atoms with Crippen molar-refractivity contribution in [1.29, 1.82) is 0 Å². The number of hydrogen-bond acceptors (Lipinski definition) is 7. The number of carbonyl (C=O) groups excluding carboxylic acids is 1. The summed E-state index contributed by atoms with van der Waals surface area (Å²) < 4.78 is 42.5. The minimum Gasteiger partial charge on any atom is -0.394 e. The molecule has 1 saturated heterocycles. The second-order valence-electron chi connectivity index (χ2n) is 5.33. The molecule has 2 heterocycles. The molecule has 2 rings (SSSR count). The first kappa shape index (κ1) is 19.7. The van der Waals surface area contributed by atoms with Gasteiger partial charge in [0.2, 0.25) is 0 Å². The lowest BCUT2D eigenvalue weighted by molar-refractivity contribution is -0.173. The number of amides is 1. The molecule has 0 saturated carbocycles. The number of nitrogen functional groups attached to an aromatic ring is 1. The van der Waals surface area contributed by atoms with Crippen molar-refractivity contribution in [2.24, 2.45) is 0 Å². The average molecular weight is 376 g/mol. The molecule has 1 aliphatic heterocycles. The van der Waals surface area contributed by atoms with E-state index in [1.54, 1.807) is 5.32 Å². The van der Waals surface area contributed by atoms with Gasteiger partial charge in [-0.1, -0.05) is 11.8 Å². The molecular weight excluding hydrogens is 361 g/mol. The SMILES string of the molecule is Nc1nc(=O)n(C2CC(O)[C@@H](CO)O2)cc1C#CCNC(=O)C(F)(F)F. The molecule has 1 amide bonds. The minimum atomic E-state index is -5.01. The number of halogens is 3. The van der Waals surface area contributed by atoms with Gasteiger partial charge < -0.3 is 26.0 Å². The maximum Gasteiger partial charge on any atom is 0.471 e. The number of nitrogens with zero attached hydrogens (tertiary/aromatic N) is 2. The highest BCUT2D eigenvalue weighted by atomic mass is 19.4. The molecule has 26 heavy (non-hydrogen) atoms. The Kier molecular flexibility index (Phi) is 5.86. The summed E-state index contributed by atoms with van der Waals surface area (Å²) in [6.45, 7) is -1.04. The Morgan fingerprint density at radius 1 is 1.54 bits per heavy atom. The number of anilines is 1. The number of nitrogens with two attached hydrogens (primary N) is 1. The molecule has 5 N–H and O–H groups in total. The van der Waals surface area contributed by atoms with Crippen molar-refractivity contribution in [2.45, 2.75) is 31.0 Å². The van der Waals surface area contributed by atoms with Gasteiger partial charge in [0.1, 0.15) is 18.1 Å². The molecule has 1 aromatic heterocycles. The predicted octanol–water partition coefficient (Wildman–Crippen LogP) is -1.50. The monoisotopic (exact) mass is 376 g/mol. The van der Waals surface area contributed by atoms with Crippen LogP contribution in [0.3, 0.4) is 0 Å². The molecular formula is C14H15F3N4O5. The molecule has 0 radical (unpaired) electrons. The van der Waals surface area contributed by atoms with E-state index >= 15 is 0 Å². The van der Waals surface area contributed by atoms with Crippen LogP contribution in [-0.4, -0.2) is 57.2 Å². The number of carbonyl (C=O) groups is 1. The van der Waals surface area contributed by atoms with E-state index in [9.17, 15) is 27.9 Å². The molecule has 0 aromatic carbocycles. The van der Waals surface area contributed by atoms with E-state index in [1.165, 1.54) is 6.20 Å². The van der Waals surface area contributed by atoms with Gasteiger partial charge in [-0.15, -0.1) is 0 Å². The first-order chi connectivity index (χ1) is 12.1. The van der Waals surface area contributed by atoms with Crippen molar-refractivity contribution in [2.75, 3.05) is 18.9 Å². The quantitative estimate of drug-likeness (QED) is 0.471. The number of nitrogens with one attached hydrogen (secondary N) is 1. The summed E-state index contributed by atoms with van der Waals surface area (Å²) in [6.07, 6.45) is -6.57. The number of hydrogen-bond donors (Lipinski definition) is 4. The van der Waals surface area contributed by atoms with Gasteiger partial charge in [-0.2, -0.15) is 18.2 Å². The van der Waals surface area contributed by atoms with Crippen LogP contribution in [0.15, 0.2) is 11.0 Å². The van der Waals surface area contributed by atoms with E-state index in [0.29, 0.717) is 0 Å². The van der Waals surface area contributed by atoms with Crippen molar-refractivity contribution >= 4 is 11.7 Å². The van der Waals surface area contributed by atoms with Crippen molar-refractivity contribution < 1.29 is 32.9 Å². The third kappa shape index (κ3) is 4.51. The predicted molar refractivity (Wildman–Crippen MR) is 80.5 cm³/mol. The van der Waals surface area contributed by atoms with Gasteiger partial charge in [-0.05, 0) is 0 Å². The highest BCUT2D eigenvalue weighted by Gasteiger charge is 2.38. The zero-order valence-electron chi connectivity index (χ0n) is 13.2. The molecule has 1 aromatic rings. The molecule has 0 spiro atoms. The molecule has 1 aliphatic rings. The maximum absolute atomic E-state index is 12.0. The lowest BCUT2D eigenvalue weighted by atomic mass is 10.2. The summed E-state index contributed by atoms with van der Waals surface area (Å²) in [4.78, 5) is 26.1. The molecule has 9 nitrogen and oxygen atoms in total. The van der Waals surface area contributed by atoms with E-state index in [1.807, 2.05) is 0 Å². The van der Waals surface area contributed by atoms with Gasteiger partial charge in [-0.3, -0.25) is 9.36 Å². The van der Waals surface area contributed by atoms with Crippen LogP contribution >= 0.6 is 0 Å². The van der Waals surface area contributed by atoms with Crippen LogP contribution in [0.2, 0.25) is 0 Å². The van der Waals surface area contributed by atoms with E-state index in [4.69, 9.17) is 15.6 Å². The first-order valence-electron chi connectivity index (χ1n) is 7.30. The Morgan fingerprint density at radius 2 is 2.23 bits per heavy atom. The molecule has 12 heteroatoms. The number of aliphatic hydroxyl groups excluding tert-OH is 2. The van der Waals surface area contributed by atoms with Gasteiger partial charge in [0, 0.05) is 12.6 Å². The zero-order valence-corrected chi connectivity index (χ0v) is 13.2. The van der Waals surface area contributed by atoms with Crippen molar-refractivity contribution in [3.05, 3.63) is 22.2 Å². The van der Waals surface area contributed by atoms with Crippen LogP contribution in [0.1, 0.15) is 18.2 Å². The Morgan fingerprint density at radius 3 is 2.81 bits per heavy atom. The number of ether oxygens (including phenoxy) is 1. The highest BCUT2D eigenvalue weighted by Crippen LogP contribution is 2.27. The standard InChI is InChI=1S/C14H15F3N4O5/c15-14(16,17)12(24)19-3-1-2-7-5-21(13(25)20-11(7)18)10-4-8(23)9(6-22)26-10/h5,8-10,22-23H,3-4,6H2,(H,19,24)(H2,18,20,25)/t8?,9-,10?/m1/s1. The number of alkyl halides is 3. The lowest BCUT2D eigenvalue weighted by Crippen LogP contribution is -2.36. The fourth-order valence-corrected chi connectivity index (χ4v) is 2.20. The second-order valence-corrected chi connectivity index (χ2v) is 5.33. The van der Waals surface area contributed by atoms with Gasteiger partial charge in [0.05, 0.1) is 24.8 Å². The van der Waals surface area contributed by atoms with Gasteiger partial charge >= 0.3 is 17.8 Å². The molecule has 2 unspecified atom stereocenters. The summed E-state index contributed by atoms with van der Waals surface area (Å²) in [5.74, 6) is 2.28. The first-order valence-corrected chi connectivity index (χ1v) is 7.30. The number of aliphatic hydroxyl groups is 2. The highest BCUT2D eigenvalue weighted by molar-refractivity contribution is 5.81. The largest absolute Gasteiger partial charge is 0.471 e. The topological polar surface area (TPSA) is 140 Å². The van der Waals surface area contributed by atoms with Crippen molar-refractivity contribution in [3.8, 4) is 11.8 Å². The van der Waals surface area contributed by atoms with Gasteiger partial charge in [0.15, 0.2) is 0 Å². The van der Waals surface area contributed by atoms with Crippen LogP contribution < -0.4 is 16.7 Å². The smallest absolute Gasteiger partial charge is 0.394 e. The average Bonchev–Trinajstić information content (AvgIpc) is 2.92. The summed E-state index contributed by atoms with van der Waals surface area (Å²) in [5.41, 5.74) is 4.80. The van der Waals surface area contributed by atoms with Crippen LogP contribution in [0.25, 0.3) is 0 Å². The van der Waals surface area contributed by atoms with Crippen molar-refractivity contribution in [1.82, 2.24) is 14.9 Å². The van der Waals surface area contributed by atoms with Gasteiger partial charge in [0.25, 0.3) is 0 Å². The Balaban J connectivity index is 2.15. The van der Waals surface area contributed by atoms with Crippen LogP contribution in [0.5, 0.6) is 0 Å². The van der Waals surface area contributed by atoms with E-state index < -0.39 is 49.4 Å². The number of rotatable bonds is 3. The maximum atomic E-state index is 12.0. The molecule has 0 bridgehead atoms. The van der Waals surface area contributed by atoms with Crippen LogP contribution in [0.4, 0.5) is 19.0 Å². The fourth-order valence-electron chi connectivity index (χ4n) is 2.20. The Bertz CT molecular complexity index is 798. The summed E-state index contributed by atoms with van der Waals surface area (Å²) >= 11 is 0. The third-order valence-corrected chi connectivity index (χ3v) is 3.49. The second kappa shape index (κ2) is 7.73. The number of aromatic nitrogens is 2. The summed E-state index contributed by atoms with van der Waals surface area (Å²) in [7, 11) is 0. The van der Waals surface area contributed by atoms with E-state index in [2.05, 4.69) is 16.8 Å². The van der Waals surface area contributed by atoms with Gasteiger partial charge in [-0.25, -0.2) is 4.79 Å². The summed E-state index contributed by atoms with van der Waals surface area (Å²) in [6, 6.07) is 0. The third-order valence-electron chi connectivity index (χ3n) is 3.49. The van der Waals surface area contributed by atoms with E-state index in [-0.39, 0.29) is 17.8 Å². The summed E-state index contributed by atoms with van der Waals surface area (Å²) in [5, 5.41) is 20.4. The Labute approximate surface area is 144 Å². The lowest BCUT2D eigenvalue weighted by Gasteiger charge is -2.15. The molecule has 1 fully saturated rings. The molecule has 0 aliphatic carbocycles. The fraction of sp³-hybridized carbons (Fsp3) is 0.500. The van der Waals surface area contributed by atoms with Crippen molar-refractivity contribution in [3.63, 3.8) is 0 Å². The normalized spacial score (nSPS) is 22.6. The molecule has 142 valence electrons. The minimum absolute atomic E-state index is 0.0191.